The Balaban J connectivity index is 2.05. The number of hydrogen-bond donors (Lipinski definition) is 2. The van der Waals surface area contributed by atoms with Crippen LogP contribution in [-0.2, 0) is 9.53 Å². The molecule has 0 aromatic heterocycles. The van der Waals surface area contributed by atoms with Gasteiger partial charge in [-0.25, -0.2) is 0 Å². The van der Waals surface area contributed by atoms with Crippen molar-refractivity contribution in [3.05, 3.63) is 0 Å². The van der Waals surface area contributed by atoms with Gasteiger partial charge in [-0.3, -0.25) is 4.79 Å². The van der Waals surface area contributed by atoms with E-state index in [0.29, 0.717) is 12.5 Å². The zero-order chi connectivity index (χ0) is 11.1. The molecular weight excluding hydrogens is 192 g/mol. The molecule has 0 bridgehead atoms. The summed E-state index contributed by atoms with van der Waals surface area (Å²) in [6.45, 7) is 7.05. The first-order chi connectivity index (χ1) is 7.24. The third kappa shape index (κ3) is 4.62. The van der Waals surface area contributed by atoms with Crippen LogP contribution in [0.3, 0.4) is 0 Å². The van der Waals surface area contributed by atoms with Crippen LogP contribution < -0.4 is 10.6 Å². The Morgan fingerprint density at radius 2 is 2.33 bits per heavy atom. The van der Waals surface area contributed by atoms with Crippen LogP contribution in [0.1, 0.15) is 26.7 Å². The summed E-state index contributed by atoms with van der Waals surface area (Å²) in [6, 6.07) is 0. The molecule has 2 atom stereocenters. The van der Waals surface area contributed by atoms with Crippen molar-refractivity contribution in [2.75, 3.05) is 26.2 Å². The first kappa shape index (κ1) is 12.5. The molecule has 0 aliphatic carbocycles. The van der Waals surface area contributed by atoms with Gasteiger partial charge >= 0.3 is 0 Å². The van der Waals surface area contributed by atoms with Crippen LogP contribution in [0, 0.1) is 5.92 Å². The van der Waals surface area contributed by atoms with E-state index in [1.165, 1.54) is 0 Å². The topological polar surface area (TPSA) is 50.4 Å². The second-order valence-electron chi connectivity index (χ2n) is 4.11. The highest BCUT2D eigenvalue weighted by molar-refractivity contribution is 5.77. The average Bonchev–Trinajstić information content (AvgIpc) is 2.61. The van der Waals surface area contributed by atoms with Crippen molar-refractivity contribution in [1.82, 2.24) is 10.6 Å². The van der Waals surface area contributed by atoms with Gasteiger partial charge in [0.05, 0.1) is 12.6 Å². The van der Waals surface area contributed by atoms with Crippen LogP contribution in [0.4, 0.5) is 0 Å². The van der Waals surface area contributed by atoms with E-state index >= 15 is 0 Å². The number of amides is 1. The molecule has 4 nitrogen and oxygen atoms in total. The van der Waals surface area contributed by atoms with Gasteiger partial charge < -0.3 is 15.4 Å². The molecule has 1 amide bonds. The molecule has 1 rings (SSSR count). The number of hydrogen-bond acceptors (Lipinski definition) is 3. The predicted octanol–water partition coefficient (Wildman–Crippen LogP) is 0.527. The summed E-state index contributed by atoms with van der Waals surface area (Å²) in [7, 11) is 0. The van der Waals surface area contributed by atoms with Crippen LogP contribution in [0.5, 0.6) is 0 Å². The molecule has 1 saturated heterocycles. The van der Waals surface area contributed by atoms with Gasteiger partial charge in [-0.05, 0) is 26.3 Å². The Hall–Kier alpha value is -0.610. The molecule has 2 unspecified atom stereocenters. The molecule has 0 saturated carbocycles. The van der Waals surface area contributed by atoms with E-state index in [1.54, 1.807) is 0 Å². The highest BCUT2D eigenvalue weighted by atomic mass is 16.5. The summed E-state index contributed by atoms with van der Waals surface area (Å²) in [5.74, 6) is 0.572. The van der Waals surface area contributed by atoms with Gasteiger partial charge in [0.1, 0.15) is 0 Å². The first-order valence-electron chi connectivity index (χ1n) is 5.83. The van der Waals surface area contributed by atoms with Crippen LogP contribution in [0.2, 0.25) is 0 Å². The fourth-order valence-corrected chi connectivity index (χ4v) is 1.73. The van der Waals surface area contributed by atoms with Crippen LogP contribution >= 0.6 is 0 Å². The van der Waals surface area contributed by atoms with Gasteiger partial charge in [-0.1, -0.05) is 6.92 Å². The number of ether oxygens (including phenoxy) is 1. The molecule has 1 heterocycles. The lowest BCUT2D eigenvalue weighted by atomic mass is 10.0. The summed E-state index contributed by atoms with van der Waals surface area (Å²) in [4.78, 5) is 11.4. The molecule has 88 valence electrons. The van der Waals surface area contributed by atoms with Gasteiger partial charge in [0.25, 0.3) is 0 Å². The Bertz CT molecular complexity index is 197. The van der Waals surface area contributed by atoms with Crippen molar-refractivity contribution in [2.45, 2.75) is 32.8 Å². The molecule has 0 aromatic rings. The summed E-state index contributed by atoms with van der Waals surface area (Å²) in [5, 5.41) is 6.01. The highest BCUT2D eigenvalue weighted by Crippen LogP contribution is 2.18. The van der Waals surface area contributed by atoms with Crippen molar-refractivity contribution in [1.29, 1.82) is 0 Å². The number of carbonyl (C=O) groups excluding carboxylic acids is 1. The minimum Gasteiger partial charge on any atom is -0.378 e. The lowest BCUT2D eigenvalue weighted by Gasteiger charge is -2.14. The summed E-state index contributed by atoms with van der Waals surface area (Å²) in [5.41, 5.74) is 0. The van der Waals surface area contributed by atoms with Gasteiger partial charge in [-0.15, -0.1) is 0 Å². The van der Waals surface area contributed by atoms with Crippen molar-refractivity contribution in [3.8, 4) is 0 Å². The van der Waals surface area contributed by atoms with Crippen molar-refractivity contribution in [3.63, 3.8) is 0 Å². The maximum atomic E-state index is 11.4. The first-order valence-corrected chi connectivity index (χ1v) is 5.83. The SMILES string of the molecule is CCCNCC(=O)NCC1CCOC1C. The van der Waals surface area contributed by atoms with Crippen LogP contribution in [0.15, 0.2) is 0 Å². The van der Waals surface area contributed by atoms with E-state index in [2.05, 4.69) is 24.5 Å². The fraction of sp³-hybridized carbons (Fsp3) is 0.909. The average molecular weight is 214 g/mol. The van der Waals surface area contributed by atoms with E-state index < -0.39 is 0 Å². The third-order valence-corrected chi connectivity index (χ3v) is 2.81. The van der Waals surface area contributed by atoms with Gasteiger partial charge in [0, 0.05) is 19.1 Å². The quantitative estimate of drug-likeness (QED) is 0.634. The van der Waals surface area contributed by atoms with E-state index in [1.807, 2.05) is 0 Å². The molecular formula is C11H22N2O2. The molecule has 2 N–H and O–H groups in total. The van der Waals surface area contributed by atoms with Crippen LogP contribution in [-0.4, -0.2) is 38.3 Å². The van der Waals surface area contributed by atoms with E-state index in [-0.39, 0.29) is 12.0 Å². The second kappa shape index (κ2) is 6.80. The normalized spacial score (nSPS) is 25.5. The minimum absolute atomic E-state index is 0.0857. The number of rotatable bonds is 6. The molecule has 1 aliphatic rings. The molecule has 0 radical (unpaired) electrons. The Kier molecular flexibility index (Phi) is 5.65. The summed E-state index contributed by atoms with van der Waals surface area (Å²) >= 11 is 0. The Morgan fingerprint density at radius 3 is 2.93 bits per heavy atom. The zero-order valence-electron chi connectivity index (χ0n) is 9.71. The maximum Gasteiger partial charge on any atom is 0.233 e. The van der Waals surface area contributed by atoms with E-state index in [4.69, 9.17) is 4.74 Å². The third-order valence-electron chi connectivity index (χ3n) is 2.81. The fourth-order valence-electron chi connectivity index (χ4n) is 1.73. The standard InChI is InChI=1S/C11H22N2O2/c1-3-5-12-8-11(14)13-7-10-4-6-15-9(10)2/h9-10,12H,3-8H2,1-2H3,(H,13,14). The molecule has 0 aromatic carbocycles. The number of nitrogens with one attached hydrogen (secondary N) is 2. The van der Waals surface area contributed by atoms with Crippen LogP contribution in [0.25, 0.3) is 0 Å². The summed E-state index contributed by atoms with van der Waals surface area (Å²) < 4.78 is 5.43. The van der Waals surface area contributed by atoms with Gasteiger partial charge in [-0.2, -0.15) is 0 Å². The Labute approximate surface area is 91.8 Å². The van der Waals surface area contributed by atoms with Crippen molar-refractivity contribution >= 4 is 5.91 Å². The molecule has 1 aliphatic heterocycles. The van der Waals surface area contributed by atoms with Crippen molar-refractivity contribution in [2.24, 2.45) is 5.92 Å². The van der Waals surface area contributed by atoms with E-state index in [0.717, 1.165) is 32.5 Å². The van der Waals surface area contributed by atoms with Gasteiger partial charge in [0.15, 0.2) is 0 Å². The maximum absolute atomic E-state index is 11.4. The van der Waals surface area contributed by atoms with E-state index in [9.17, 15) is 4.79 Å². The lowest BCUT2D eigenvalue weighted by molar-refractivity contribution is -0.120. The minimum atomic E-state index is 0.0857. The Morgan fingerprint density at radius 1 is 1.53 bits per heavy atom. The predicted molar refractivity (Wildman–Crippen MR) is 59.7 cm³/mol. The smallest absolute Gasteiger partial charge is 0.233 e. The molecule has 1 fully saturated rings. The second-order valence-corrected chi connectivity index (χ2v) is 4.11. The zero-order valence-corrected chi connectivity index (χ0v) is 9.71. The molecule has 4 heteroatoms. The summed E-state index contributed by atoms with van der Waals surface area (Å²) in [6.07, 6.45) is 2.40. The van der Waals surface area contributed by atoms with Gasteiger partial charge in [0.2, 0.25) is 5.91 Å². The molecule has 15 heavy (non-hydrogen) atoms. The lowest BCUT2D eigenvalue weighted by Crippen LogP contribution is -2.38. The van der Waals surface area contributed by atoms with Crippen molar-refractivity contribution < 1.29 is 9.53 Å². The molecule has 0 spiro atoms. The largest absolute Gasteiger partial charge is 0.378 e. The number of carbonyl (C=O) groups is 1. The highest BCUT2D eigenvalue weighted by Gasteiger charge is 2.24. The monoisotopic (exact) mass is 214 g/mol.